The standard InChI is InChI=1S/C31H27F3N4O2S.C3H8.C2H6/c1-17(2)13-25-29(30(36)39)28(21(15-35)24(38-25)10-6-18-3-7-20(32)8-4-18)26-11-12-27(41-26)31(40)37-16-19-5-9-22(33)23(34)14-19;1-3-2;1-2/h3-5,7-9,11-12,14,17H,6,10,13,16H2,1-2H3,(H2,36,39)(H,37,40);3H2,1-2H3;1-2H3. The molecule has 0 fully saturated rings. The number of nitrogens with zero attached hydrogens (tertiary/aromatic N) is 2. The van der Waals surface area contributed by atoms with E-state index in [1.54, 1.807) is 24.3 Å². The van der Waals surface area contributed by atoms with Crippen molar-refractivity contribution in [3.05, 3.63) is 111 Å². The number of carbonyl (C=O) groups is 2. The first-order valence-corrected chi connectivity index (χ1v) is 16.1. The average molecular weight is 651 g/mol. The topological polar surface area (TPSA) is 109 Å². The predicted octanol–water partition coefficient (Wildman–Crippen LogP) is 8.55. The summed E-state index contributed by atoms with van der Waals surface area (Å²) in [5.74, 6) is -3.40. The van der Waals surface area contributed by atoms with Gasteiger partial charge in [0, 0.05) is 17.0 Å². The summed E-state index contributed by atoms with van der Waals surface area (Å²) in [7, 11) is 0. The molecule has 2 aromatic carbocycles. The van der Waals surface area contributed by atoms with Crippen molar-refractivity contribution in [1.82, 2.24) is 10.3 Å². The van der Waals surface area contributed by atoms with Crippen LogP contribution in [-0.4, -0.2) is 16.8 Å². The van der Waals surface area contributed by atoms with Gasteiger partial charge in [0.25, 0.3) is 11.8 Å². The number of hydrogen-bond acceptors (Lipinski definition) is 5. The van der Waals surface area contributed by atoms with E-state index >= 15 is 0 Å². The second-order valence-corrected chi connectivity index (χ2v) is 11.7. The number of aryl methyl sites for hydroxylation is 2. The quantitative estimate of drug-likeness (QED) is 0.179. The van der Waals surface area contributed by atoms with E-state index in [2.05, 4.69) is 25.2 Å². The Kier molecular flexibility index (Phi) is 15.1. The smallest absolute Gasteiger partial charge is 0.261 e. The van der Waals surface area contributed by atoms with E-state index in [1.165, 1.54) is 24.6 Å². The SMILES string of the molecule is CC.CC(C)Cc1nc(CCc2ccc(F)cc2)c(C#N)c(-c2ccc(C(=O)NCc3ccc(F)c(F)c3)s2)c1C(N)=O.CCC. The van der Waals surface area contributed by atoms with E-state index in [0.29, 0.717) is 46.7 Å². The summed E-state index contributed by atoms with van der Waals surface area (Å²) in [6.45, 7) is 12.2. The number of nitrogens with two attached hydrogens (primary N) is 1. The summed E-state index contributed by atoms with van der Waals surface area (Å²) in [6, 6.07) is 14.8. The van der Waals surface area contributed by atoms with Crippen molar-refractivity contribution < 1.29 is 22.8 Å². The van der Waals surface area contributed by atoms with Gasteiger partial charge < -0.3 is 11.1 Å². The molecule has 0 atom stereocenters. The molecule has 46 heavy (non-hydrogen) atoms. The van der Waals surface area contributed by atoms with Crippen LogP contribution < -0.4 is 11.1 Å². The third-order valence-electron chi connectivity index (χ3n) is 6.38. The van der Waals surface area contributed by atoms with Gasteiger partial charge in [-0.3, -0.25) is 14.6 Å². The summed E-state index contributed by atoms with van der Waals surface area (Å²) < 4.78 is 40.1. The van der Waals surface area contributed by atoms with E-state index < -0.39 is 23.4 Å². The summed E-state index contributed by atoms with van der Waals surface area (Å²) in [5, 5.41) is 12.9. The number of nitriles is 1. The molecule has 4 aromatic rings. The zero-order valence-electron chi connectivity index (χ0n) is 27.1. The lowest BCUT2D eigenvalue weighted by molar-refractivity contribution is 0.0953. The first kappa shape index (κ1) is 37.7. The number of rotatable bonds is 10. The number of nitrogens with one attached hydrogen (secondary N) is 1. The van der Waals surface area contributed by atoms with Crippen LogP contribution in [0.3, 0.4) is 0 Å². The zero-order valence-corrected chi connectivity index (χ0v) is 28.0. The lowest BCUT2D eigenvalue weighted by atomic mass is 9.92. The summed E-state index contributed by atoms with van der Waals surface area (Å²) in [5.41, 5.74) is 8.66. The van der Waals surface area contributed by atoms with Gasteiger partial charge >= 0.3 is 0 Å². The van der Waals surface area contributed by atoms with E-state index in [0.717, 1.165) is 29.0 Å². The van der Waals surface area contributed by atoms with Crippen LogP contribution >= 0.6 is 11.3 Å². The molecule has 3 N–H and O–H groups in total. The van der Waals surface area contributed by atoms with Crippen molar-refractivity contribution in [3.63, 3.8) is 0 Å². The van der Waals surface area contributed by atoms with Gasteiger partial charge in [0.05, 0.1) is 27.4 Å². The number of pyridine rings is 1. The number of amides is 2. The molecule has 0 spiro atoms. The summed E-state index contributed by atoms with van der Waals surface area (Å²) >= 11 is 1.07. The van der Waals surface area contributed by atoms with Crippen LogP contribution in [0, 0.1) is 34.7 Å². The van der Waals surface area contributed by atoms with E-state index in [1.807, 2.05) is 27.7 Å². The third kappa shape index (κ3) is 10.3. The normalized spacial score (nSPS) is 10.3. The molecule has 0 saturated heterocycles. The highest BCUT2D eigenvalue weighted by Crippen LogP contribution is 2.37. The number of benzene rings is 2. The molecule has 0 saturated carbocycles. The van der Waals surface area contributed by atoms with Crippen LogP contribution in [0.5, 0.6) is 0 Å². The molecule has 0 bridgehead atoms. The zero-order chi connectivity index (χ0) is 34.4. The number of thiophene rings is 1. The minimum absolute atomic E-state index is 0.0272. The van der Waals surface area contributed by atoms with Gasteiger partial charge in [-0.2, -0.15) is 5.26 Å². The molecule has 10 heteroatoms. The largest absolute Gasteiger partial charge is 0.366 e. The molecule has 0 aliphatic carbocycles. The van der Waals surface area contributed by atoms with Gasteiger partial charge in [-0.05, 0) is 72.7 Å². The second-order valence-electron chi connectivity index (χ2n) is 10.6. The fourth-order valence-electron chi connectivity index (χ4n) is 4.46. The Bertz CT molecular complexity index is 1660. The van der Waals surface area contributed by atoms with E-state index in [4.69, 9.17) is 10.7 Å². The van der Waals surface area contributed by atoms with Crippen LogP contribution in [0.1, 0.15) is 96.1 Å². The summed E-state index contributed by atoms with van der Waals surface area (Å²) in [6.07, 6.45) is 2.53. The van der Waals surface area contributed by atoms with Crippen molar-refractivity contribution in [2.45, 2.75) is 73.8 Å². The maximum absolute atomic E-state index is 13.5. The Hall–Kier alpha value is -4.49. The first-order chi connectivity index (χ1) is 22.0. The van der Waals surface area contributed by atoms with Gasteiger partial charge in [-0.15, -0.1) is 11.3 Å². The van der Waals surface area contributed by atoms with Gasteiger partial charge in [-0.1, -0.05) is 66.2 Å². The Morgan fingerprint density at radius 1 is 0.935 bits per heavy atom. The Labute approximate surface area is 273 Å². The maximum atomic E-state index is 13.5. The van der Waals surface area contributed by atoms with Gasteiger partial charge in [0.1, 0.15) is 11.9 Å². The molecule has 6 nitrogen and oxygen atoms in total. The highest BCUT2D eigenvalue weighted by atomic mass is 32.1. The Morgan fingerprint density at radius 2 is 1.57 bits per heavy atom. The number of primary amides is 1. The van der Waals surface area contributed by atoms with E-state index in [9.17, 15) is 28.0 Å². The third-order valence-corrected chi connectivity index (χ3v) is 7.49. The van der Waals surface area contributed by atoms with Crippen LogP contribution in [0.15, 0.2) is 54.6 Å². The predicted molar refractivity (Wildman–Crippen MR) is 178 cm³/mol. The molecule has 4 rings (SSSR count). The van der Waals surface area contributed by atoms with Gasteiger partial charge in [0.2, 0.25) is 0 Å². The second kappa shape index (κ2) is 18.5. The number of carbonyl (C=O) groups excluding carboxylic acids is 2. The Balaban J connectivity index is 0.00000139. The number of halogens is 3. The van der Waals surface area contributed by atoms with E-state index in [-0.39, 0.29) is 34.3 Å². The number of hydrogen-bond donors (Lipinski definition) is 2. The van der Waals surface area contributed by atoms with Crippen molar-refractivity contribution >= 4 is 23.2 Å². The van der Waals surface area contributed by atoms with Crippen molar-refractivity contribution in [1.29, 1.82) is 5.26 Å². The molecule has 2 aromatic heterocycles. The van der Waals surface area contributed by atoms with Crippen LogP contribution in [0.25, 0.3) is 10.4 Å². The fraction of sp³-hybridized carbons (Fsp3) is 0.333. The molecule has 0 unspecified atom stereocenters. The first-order valence-electron chi connectivity index (χ1n) is 15.3. The number of aromatic nitrogens is 1. The average Bonchev–Trinajstić information content (AvgIpc) is 3.52. The molecule has 0 aliphatic heterocycles. The van der Waals surface area contributed by atoms with Gasteiger partial charge in [-0.25, -0.2) is 13.2 Å². The highest BCUT2D eigenvalue weighted by Gasteiger charge is 2.26. The molecule has 2 amide bonds. The lowest BCUT2D eigenvalue weighted by Crippen LogP contribution is -2.21. The lowest BCUT2D eigenvalue weighted by Gasteiger charge is -2.17. The molecule has 0 aliphatic rings. The Morgan fingerprint density at radius 3 is 2.13 bits per heavy atom. The molecule has 2 heterocycles. The monoisotopic (exact) mass is 650 g/mol. The van der Waals surface area contributed by atoms with Crippen LogP contribution in [0.4, 0.5) is 13.2 Å². The highest BCUT2D eigenvalue weighted by molar-refractivity contribution is 7.17. The van der Waals surface area contributed by atoms with Crippen molar-refractivity contribution in [3.8, 4) is 16.5 Å². The molecule has 244 valence electrons. The molecule has 0 radical (unpaired) electrons. The van der Waals surface area contributed by atoms with Crippen molar-refractivity contribution in [2.75, 3.05) is 0 Å². The minimum atomic E-state index is -1.01. The van der Waals surface area contributed by atoms with Crippen LogP contribution in [0.2, 0.25) is 0 Å². The van der Waals surface area contributed by atoms with Crippen LogP contribution in [-0.2, 0) is 25.8 Å². The minimum Gasteiger partial charge on any atom is -0.366 e. The maximum Gasteiger partial charge on any atom is 0.261 e. The fourth-order valence-corrected chi connectivity index (χ4v) is 5.44. The molecular weight excluding hydrogens is 609 g/mol. The van der Waals surface area contributed by atoms with Gasteiger partial charge in [0.15, 0.2) is 11.6 Å². The summed E-state index contributed by atoms with van der Waals surface area (Å²) in [4.78, 5) is 31.1. The van der Waals surface area contributed by atoms with Crippen molar-refractivity contribution in [2.24, 2.45) is 11.7 Å². The molecular formula is C36H41F3N4O2S.